The van der Waals surface area contributed by atoms with E-state index in [0.29, 0.717) is 6.54 Å². The van der Waals surface area contributed by atoms with Crippen LogP contribution in [-0.4, -0.2) is 6.54 Å². The summed E-state index contributed by atoms with van der Waals surface area (Å²) in [5.74, 6) is 0. The Hall–Kier alpha value is -0.980. The fraction of sp³-hybridized carbons (Fsp3) is 0.125. The van der Waals surface area contributed by atoms with Crippen molar-refractivity contribution in [3.63, 3.8) is 0 Å². The topological polar surface area (TPSA) is 12.0 Å². The van der Waals surface area contributed by atoms with Crippen LogP contribution in [-0.2, 0) is 0 Å². The highest BCUT2D eigenvalue weighted by Gasteiger charge is 1.81. The predicted molar refractivity (Wildman–Crippen MR) is 39.2 cm³/mol. The van der Waals surface area contributed by atoms with Gasteiger partial charge in [-0.3, -0.25) is 0 Å². The molecule has 0 atom stereocenters. The molecule has 1 aromatic carbocycles. The first-order chi connectivity index (χ1) is 4.43. The van der Waals surface area contributed by atoms with Gasteiger partial charge in [0.2, 0.25) is 0 Å². The van der Waals surface area contributed by atoms with Crippen molar-refractivity contribution in [2.75, 3.05) is 11.9 Å². The molecule has 0 heterocycles. The summed E-state index contributed by atoms with van der Waals surface area (Å²) in [4.78, 5) is 0. The standard InChI is InChI=1S/C8H9N/c1-2-9-8-6-4-3-5-7-8/h1,3-7,9H,2H2. The van der Waals surface area contributed by atoms with Crippen molar-refractivity contribution in [2.24, 2.45) is 0 Å². The minimum absolute atomic E-state index is 0.490. The number of anilines is 1. The van der Waals surface area contributed by atoms with Crippen LogP contribution in [0.3, 0.4) is 0 Å². The van der Waals surface area contributed by atoms with Crippen molar-refractivity contribution in [3.8, 4) is 0 Å². The van der Waals surface area contributed by atoms with Crippen LogP contribution in [0.25, 0.3) is 0 Å². The first-order valence-electron chi connectivity index (χ1n) is 2.92. The average molecular weight is 119 g/mol. The van der Waals surface area contributed by atoms with Crippen molar-refractivity contribution in [1.29, 1.82) is 0 Å². The Morgan fingerprint density at radius 2 is 1.89 bits per heavy atom. The molecule has 1 heteroatoms. The molecule has 0 bridgehead atoms. The number of rotatable bonds is 2. The third-order valence-electron chi connectivity index (χ3n) is 1.08. The van der Waals surface area contributed by atoms with E-state index in [1.165, 1.54) is 0 Å². The second-order valence-electron chi connectivity index (χ2n) is 1.75. The quantitative estimate of drug-likeness (QED) is 0.626. The van der Waals surface area contributed by atoms with Crippen molar-refractivity contribution in [1.82, 2.24) is 0 Å². The van der Waals surface area contributed by atoms with Crippen LogP contribution in [0.1, 0.15) is 0 Å². The van der Waals surface area contributed by atoms with Gasteiger partial charge in [-0.25, -0.2) is 0 Å². The maximum atomic E-state index is 5.25. The molecule has 0 aliphatic rings. The molecule has 1 rings (SSSR count). The van der Waals surface area contributed by atoms with Gasteiger partial charge in [0.15, 0.2) is 0 Å². The third-order valence-corrected chi connectivity index (χ3v) is 1.08. The number of para-hydroxylation sites is 1. The highest BCUT2D eigenvalue weighted by Crippen LogP contribution is 2.02. The molecule has 1 N–H and O–H groups in total. The Labute approximate surface area is 55.7 Å². The molecule has 0 aliphatic carbocycles. The Bertz CT molecular complexity index is 157. The Morgan fingerprint density at radius 1 is 1.22 bits per heavy atom. The van der Waals surface area contributed by atoms with Crippen LogP contribution in [0, 0.1) is 6.92 Å². The van der Waals surface area contributed by atoms with Gasteiger partial charge in [-0.2, -0.15) is 0 Å². The molecule has 0 amide bonds. The first-order valence-corrected chi connectivity index (χ1v) is 2.92. The monoisotopic (exact) mass is 119 g/mol. The van der Waals surface area contributed by atoms with Gasteiger partial charge in [-0.05, 0) is 19.1 Å². The first kappa shape index (κ1) is 6.14. The van der Waals surface area contributed by atoms with Crippen LogP contribution in [0.2, 0.25) is 0 Å². The van der Waals surface area contributed by atoms with Gasteiger partial charge in [-0.1, -0.05) is 18.2 Å². The molecule has 0 unspecified atom stereocenters. The van der Waals surface area contributed by atoms with Gasteiger partial charge < -0.3 is 5.32 Å². The molecule has 9 heavy (non-hydrogen) atoms. The zero-order valence-corrected chi connectivity index (χ0v) is 5.17. The lowest BCUT2D eigenvalue weighted by Crippen LogP contribution is -1.94. The fourth-order valence-corrected chi connectivity index (χ4v) is 0.674. The van der Waals surface area contributed by atoms with Gasteiger partial charge >= 0.3 is 0 Å². The molecule has 0 aliphatic heterocycles. The number of benzene rings is 1. The molecule has 46 valence electrons. The van der Waals surface area contributed by atoms with Crippen LogP contribution < -0.4 is 5.32 Å². The van der Waals surface area contributed by atoms with E-state index in [0.717, 1.165) is 5.69 Å². The summed E-state index contributed by atoms with van der Waals surface area (Å²) in [6, 6.07) is 9.87. The van der Waals surface area contributed by atoms with Crippen LogP contribution >= 0.6 is 0 Å². The minimum atomic E-state index is 0.490. The molecule has 0 fully saturated rings. The summed E-state index contributed by atoms with van der Waals surface area (Å²) in [5, 5.41) is 2.99. The maximum Gasteiger partial charge on any atom is 0.0340 e. The Morgan fingerprint density at radius 3 is 2.44 bits per heavy atom. The Kier molecular flexibility index (Phi) is 2.13. The largest absolute Gasteiger partial charge is 0.385 e. The zero-order chi connectivity index (χ0) is 6.53. The van der Waals surface area contributed by atoms with Gasteiger partial charge in [0.25, 0.3) is 0 Å². The van der Waals surface area contributed by atoms with Gasteiger partial charge in [0.05, 0.1) is 0 Å². The fourth-order valence-electron chi connectivity index (χ4n) is 0.674. The number of nitrogens with one attached hydrogen (secondary N) is 1. The van der Waals surface area contributed by atoms with Gasteiger partial charge in [-0.15, -0.1) is 0 Å². The van der Waals surface area contributed by atoms with Crippen molar-refractivity contribution < 1.29 is 0 Å². The summed E-state index contributed by atoms with van der Waals surface area (Å²) in [6.07, 6.45) is 0. The second kappa shape index (κ2) is 3.13. The van der Waals surface area contributed by atoms with E-state index in [9.17, 15) is 0 Å². The normalized spacial score (nSPS) is 9.00. The highest BCUT2D eigenvalue weighted by molar-refractivity contribution is 5.42. The molecule has 0 spiro atoms. The number of hydrogen-bond donors (Lipinski definition) is 1. The molecular weight excluding hydrogens is 110 g/mol. The molecule has 0 saturated carbocycles. The summed E-state index contributed by atoms with van der Waals surface area (Å²) in [7, 11) is 0. The molecule has 2 radical (unpaired) electrons. The van der Waals surface area contributed by atoms with E-state index in [1.807, 2.05) is 30.3 Å². The summed E-state index contributed by atoms with van der Waals surface area (Å²) in [6.45, 7) is 5.74. The van der Waals surface area contributed by atoms with Crippen molar-refractivity contribution >= 4 is 5.69 Å². The Balaban J connectivity index is 2.61. The summed E-state index contributed by atoms with van der Waals surface area (Å²) >= 11 is 0. The van der Waals surface area contributed by atoms with E-state index in [4.69, 9.17) is 6.92 Å². The smallest absolute Gasteiger partial charge is 0.0340 e. The van der Waals surface area contributed by atoms with Crippen LogP contribution in [0.5, 0.6) is 0 Å². The molecular formula is C8H9N. The van der Waals surface area contributed by atoms with Crippen molar-refractivity contribution in [2.45, 2.75) is 0 Å². The molecule has 1 nitrogen and oxygen atoms in total. The molecule has 0 aromatic heterocycles. The van der Waals surface area contributed by atoms with Crippen LogP contribution in [0.4, 0.5) is 5.69 Å². The SMILES string of the molecule is [CH]CNc1ccccc1. The van der Waals surface area contributed by atoms with Crippen LogP contribution in [0.15, 0.2) is 30.3 Å². The summed E-state index contributed by atoms with van der Waals surface area (Å²) < 4.78 is 0. The van der Waals surface area contributed by atoms with Gasteiger partial charge in [0.1, 0.15) is 0 Å². The molecule has 0 saturated heterocycles. The number of hydrogen-bond acceptors (Lipinski definition) is 1. The zero-order valence-electron chi connectivity index (χ0n) is 5.17. The van der Waals surface area contributed by atoms with Gasteiger partial charge in [0, 0.05) is 12.2 Å². The molecule has 1 aromatic rings. The van der Waals surface area contributed by atoms with E-state index < -0.39 is 0 Å². The lowest BCUT2D eigenvalue weighted by molar-refractivity contribution is 1.34. The minimum Gasteiger partial charge on any atom is -0.385 e. The summed E-state index contributed by atoms with van der Waals surface area (Å²) in [5.41, 5.74) is 1.07. The highest BCUT2D eigenvalue weighted by atomic mass is 14.8. The maximum absolute atomic E-state index is 5.25. The van der Waals surface area contributed by atoms with E-state index in [1.54, 1.807) is 0 Å². The van der Waals surface area contributed by atoms with E-state index in [-0.39, 0.29) is 0 Å². The second-order valence-corrected chi connectivity index (χ2v) is 1.75. The predicted octanol–water partition coefficient (Wildman–Crippen LogP) is 1.81. The van der Waals surface area contributed by atoms with E-state index in [2.05, 4.69) is 5.32 Å². The average Bonchev–Trinajstić information content (AvgIpc) is 1.91. The third kappa shape index (κ3) is 1.76. The van der Waals surface area contributed by atoms with E-state index >= 15 is 0 Å². The van der Waals surface area contributed by atoms with Crippen molar-refractivity contribution in [3.05, 3.63) is 37.3 Å². The lowest BCUT2D eigenvalue weighted by Gasteiger charge is -1.98. The lowest BCUT2D eigenvalue weighted by atomic mass is 10.3.